The Morgan fingerprint density at radius 1 is 1.50 bits per heavy atom. The maximum Gasteiger partial charge on any atom is 0.147 e. The maximum absolute atomic E-state index is 13.4. The van der Waals surface area contributed by atoms with Crippen LogP contribution in [0.5, 0.6) is 0 Å². The van der Waals surface area contributed by atoms with Gasteiger partial charge in [0.1, 0.15) is 11.6 Å². The van der Waals surface area contributed by atoms with E-state index in [0.29, 0.717) is 16.3 Å². The van der Waals surface area contributed by atoms with Gasteiger partial charge < -0.3 is 0 Å². The first kappa shape index (κ1) is 13.5. The number of ketones is 1. The van der Waals surface area contributed by atoms with Crippen molar-refractivity contribution >= 4 is 29.1 Å². The minimum Gasteiger partial charge on any atom is -0.298 e. The monoisotopic (exact) mass is 260 g/mol. The van der Waals surface area contributed by atoms with Crippen LogP contribution in [0.3, 0.4) is 0 Å². The molecule has 0 saturated heterocycles. The molecule has 16 heavy (non-hydrogen) atoms. The minimum absolute atomic E-state index is 0.0553. The second-order valence-electron chi connectivity index (χ2n) is 3.50. The van der Waals surface area contributed by atoms with Gasteiger partial charge in [-0.2, -0.15) is 11.8 Å². The van der Waals surface area contributed by atoms with Gasteiger partial charge in [-0.05, 0) is 29.9 Å². The lowest BCUT2D eigenvalue weighted by Crippen LogP contribution is -2.07. The summed E-state index contributed by atoms with van der Waals surface area (Å²) >= 11 is 7.22. The largest absolute Gasteiger partial charge is 0.298 e. The Balaban J connectivity index is 2.49. The lowest BCUT2D eigenvalue weighted by molar-refractivity contribution is -0.116. The fourth-order valence-electron chi connectivity index (χ4n) is 1.26. The SMILES string of the molecule is CCCSCC(=O)Cc1ccc(Cl)cc1F. The average Bonchev–Trinajstić information content (AvgIpc) is 2.23. The van der Waals surface area contributed by atoms with Gasteiger partial charge in [0.05, 0.1) is 5.75 Å². The molecule has 0 amide bonds. The maximum atomic E-state index is 13.4. The number of carbonyl (C=O) groups is 1. The van der Waals surface area contributed by atoms with E-state index in [2.05, 4.69) is 6.92 Å². The van der Waals surface area contributed by atoms with Crippen molar-refractivity contribution in [2.24, 2.45) is 0 Å². The molecule has 0 aliphatic carbocycles. The molecule has 1 aromatic rings. The summed E-state index contributed by atoms with van der Waals surface area (Å²) in [6, 6.07) is 4.41. The van der Waals surface area contributed by atoms with Crippen LogP contribution in [0, 0.1) is 5.82 Å². The summed E-state index contributed by atoms with van der Waals surface area (Å²) in [7, 11) is 0. The van der Waals surface area contributed by atoms with E-state index in [-0.39, 0.29) is 12.2 Å². The Hall–Kier alpha value is -0.540. The van der Waals surface area contributed by atoms with E-state index in [1.165, 1.54) is 6.07 Å². The van der Waals surface area contributed by atoms with E-state index in [1.807, 2.05) is 0 Å². The predicted octanol–water partition coefficient (Wildman–Crippen LogP) is 3.73. The van der Waals surface area contributed by atoms with Crippen LogP contribution >= 0.6 is 23.4 Å². The molecule has 0 aliphatic rings. The van der Waals surface area contributed by atoms with E-state index in [9.17, 15) is 9.18 Å². The van der Waals surface area contributed by atoms with E-state index >= 15 is 0 Å². The van der Waals surface area contributed by atoms with E-state index in [1.54, 1.807) is 23.9 Å². The van der Waals surface area contributed by atoms with Crippen molar-refractivity contribution < 1.29 is 9.18 Å². The Kier molecular flexibility index (Phi) is 5.85. The van der Waals surface area contributed by atoms with Gasteiger partial charge in [0.15, 0.2) is 0 Å². The molecule has 0 N–H and O–H groups in total. The zero-order valence-electron chi connectivity index (χ0n) is 9.13. The second kappa shape index (κ2) is 6.92. The molecule has 0 fully saturated rings. The van der Waals surface area contributed by atoms with Gasteiger partial charge in [-0.1, -0.05) is 24.6 Å². The zero-order chi connectivity index (χ0) is 12.0. The van der Waals surface area contributed by atoms with Crippen molar-refractivity contribution in [3.63, 3.8) is 0 Å². The topological polar surface area (TPSA) is 17.1 Å². The van der Waals surface area contributed by atoms with Crippen LogP contribution in [-0.2, 0) is 11.2 Å². The van der Waals surface area contributed by atoms with Crippen LogP contribution in [0.15, 0.2) is 18.2 Å². The number of halogens is 2. The summed E-state index contributed by atoms with van der Waals surface area (Å²) < 4.78 is 13.4. The number of thioether (sulfide) groups is 1. The smallest absolute Gasteiger partial charge is 0.147 e. The number of hydrogen-bond acceptors (Lipinski definition) is 2. The van der Waals surface area contributed by atoms with E-state index in [0.717, 1.165) is 12.2 Å². The van der Waals surface area contributed by atoms with Crippen molar-refractivity contribution in [3.05, 3.63) is 34.6 Å². The number of carbonyl (C=O) groups excluding carboxylic acids is 1. The summed E-state index contributed by atoms with van der Waals surface area (Å²) in [5.74, 6) is 1.08. The molecule has 0 unspecified atom stereocenters. The number of hydrogen-bond donors (Lipinski definition) is 0. The van der Waals surface area contributed by atoms with Crippen LogP contribution < -0.4 is 0 Å². The normalized spacial score (nSPS) is 10.4. The van der Waals surface area contributed by atoms with Crippen molar-refractivity contribution in [1.82, 2.24) is 0 Å². The average molecular weight is 261 g/mol. The van der Waals surface area contributed by atoms with Crippen LogP contribution in [0.25, 0.3) is 0 Å². The van der Waals surface area contributed by atoms with Gasteiger partial charge >= 0.3 is 0 Å². The lowest BCUT2D eigenvalue weighted by atomic mass is 10.1. The first-order valence-electron chi connectivity index (χ1n) is 5.17. The molecule has 1 rings (SSSR count). The third-order valence-electron chi connectivity index (χ3n) is 2.01. The summed E-state index contributed by atoms with van der Waals surface area (Å²) in [5.41, 5.74) is 0.423. The molecule has 0 bridgehead atoms. The fraction of sp³-hybridized carbons (Fsp3) is 0.417. The third-order valence-corrected chi connectivity index (χ3v) is 3.47. The van der Waals surface area contributed by atoms with Crippen molar-refractivity contribution in [2.75, 3.05) is 11.5 Å². The highest BCUT2D eigenvalue weighted by molar-refractivity contribution is 7.99. The van der Waals surface area contributed by atoms with Gasteiger partial charge in [0.25, 0.3) is 0 Å². The van der Waals surface area contributed by atoms with Crippen LogP contribution in [0.4, 0.5) is 4.39 Å². The highest BCUT2D eigenvalue weighted by atomic mass is 35.5. The highest BCUT2D eigenvalue weighted by Crippen LogP contribution is 2.16. The molecule has 4 heteroatoms. The van der Waals surface area contributed by atoms with Crippen molar-refractivity contribution in [2.45, 2.75) is 19.8 Å². The molecule has 0 atom stereocenters. The second-order valence-corrected chi connectivity index (χ2v) is 5.05. The van der Waals surface area contributed by atoms with Crippen LogP contribution in [0.1, 0.15) is 18.9 Å². The Bertz CT molecular complexity index is 368. The molecule has 1 aromatic carbocycles. The number of benzene rings is 1. The minimum atomic E-state index is -0.402. The molecule has 0 heterocycles. The zero-order valence-corrected chi connectivity index (χ0v) is 10.7. The van der Waals surface area contributed by atoms with E-state index < -0.39 is 5.82 Å². The van der Waals surface area contributed by atoms with Crippen LogP contribution in [0.2, 0.25) is 5.02 Å². The van der Waals surface area contributed by atoms with E-state index in [4.69, 9.17) is 11.6 Å². The summed E-state index contributed by atoms with van der Waals surface area (Å²) in [5, 5.41) is 0.356. The third kappa shape index (κ3) is 4.54. The Morgan fingerprint density at radius 2 is 2.25 bits per heavy atom. The number of Topliss-reactive ketones (excluding diaryl/α,β-unsaturated/α-hetero) is 1. The van der Waals surface area contributed by atoms with Crippen LogP contribution in [-0.4, -0.2) is 17.3 Å². The predicted molar refractivity (Wildman–Crippen MR) is 67.7 cm³/mol. The van der Waals surface area contributed by atoms with Gasteiger partial charge in [-0.3, -0.25) is 4.79 Å². The summed E-state index contributed by atoms with van der Waals surface area (Å²) in [4.78, 5) is 11.5. The molecular formula is C12H14ClFOS. The first-order valence-corrected chi connectivity index (χ1v) is 6.70. The Labute approximate surface area is 104 Å². The molecule has 0 aliphatic heterocycles. The molecular weight excluding hydrogens is 247 g/mol. The molecule has 88 valence electrons. The molecule has 0 saturated carbocycles. The quantitative estimate of drug-likeness (QED) is 0.725. The van der Waals surface area contributed by atoms with Gasteiger partial charge in [-0.25, -0.2) is 4.39 Å². The molecule has 0 spiro atoms. The number of rotatable bonds is 6. The molecule has 0 radical (unpaired) electrons. The van der Waals surface area contributed by atoms with Crippen molar-refractivity contribution in [1.29, 1.82) is 0 Å². The summed E-state index contributed by atoms with van der Waals surface area (Å²) in [6.07, 6.45) is 1.20. The fourth-order valence-corrected chi connectivity index (χ4v) is 2.18. The lowest BCUT2D eigenvalue weighted by Gasteiger charge is -2.03. The van der Waals surface area contributed by atoms with Gasteiger partial charge in [0.2, 0.25) is 0 Å². The van der Waals surface area contributed by atoms with Gasteiger partial charge in [-0.15, -0.1) is 0 Å². The van der Waals surface area contributed by atoms with Crippen molar-refractivity contribution in [3.8, 4) is 0 Å². The molecule has 1 nitrogen and oxygen atoms in total. The highest BCUT2D eigenvalue weighted by Gasteiger charge is 2.08. The molecule has 0 aromatic heterocycles. The standard InChI is InChI=1S/C12H14ClFOS/c1-2-5-16-8-11(15)6-9-3-4-10(13)7-12(9)14/h3-4,7H,2,5-6,8H2,1H3. The summed E-state index contributed by atoms with van der Waals surface area (Å²) in [6.45, 7) is 2.07. The first-order chi connectivity index (χ1) is 7.63. The Morgan fingerprint density at radius 3 is 2.88 bits per heavy atom. The van der Waals surface area contributed by atoms with Gasteiger partial charge in [0, 0.05) is 11.4 Å².